The van der Waals surface area contributed by atoms with Crippen LogP contribution in [0.15, 0.2) is 54.6 Å². The van der Waals surface area contributed by atoms with E-state index in [-0.39, 0.29) is 31.0 Å². The molecule has 3 rings (SSSR count). The molecule has 1 fully saturated rings. The van der Waals surface area contributed by atoms with Gasteiger partial charge in [0.05, 0.1) is 33.0 Å². The maximum absolute atomic E-state index is 9.65. The normalized spacial score (nSPS) is 25.3. The van der Waals surface area contributed by atoms with Crippen LogP contribution in [0, 0.1) is 0 Å². The van der Waals surface area contributed by atoms with Crippen LogP contribution < -0.4 is 4.74 Å². The Labute approximate surface area is 154 Å². The fourth-order valence-corrected chi connectivity index (χ4v) is 3.17. The fourth-order valence-electron chi connectivity index (χ4n) is 3.17. The molecular weight excluding hydrogens is 332 g/mol. The predicted molar refractivity (Wildman–Crippen MR) is 98.0 cm³/mol. The van der Waals surface area contributed by atoms with Crippen molar-refractivity contribution in [3.05, 3.63) is 65.7 Å². The second-order valence-electron chi connectivity index (χ2n) is 6.45. The maximum Gasteiger partial charge on any atom is 0.118 e. The van der Waals surface area contributed by atoms with Crippen molar-refractivity contribution < 1.29 is 24.1 Å². The Balaban J connectivity index is 1.62. The topological polar surface area (TPSA) is 57.2 Å². The van der Waals surface area contributed by atoms with Crippen LogP contribution in [0.25, 0.3) is 0 Å². The van der Waals surface area contributed by atoms with Crippen molar-refractivity contribution in [1.82, 2.24) is 0 Å². The number of aliphatic hydroxyl groups excluding tert-OH is 1. The van der Waals surface area contributed by atoms with Crippen LogP contribution in [0.4, 0.5) is 0 Å². The number of rotatable bonds is 8. The molecule has 0 spiro atoms. The summed E-state index contributed by atoms with van der Waals surface area (Å²) in [5.74, 6) is 0.809. The predicted octanol–water partition coefficient (Wildman–Crippen LogP) is 2.95. The average molecular weight is 358 g/mol. The molecule has 1 N–H and O–H groups in total. The molecule has 0 aliphatic carbocycles. The smallest absolute Gasteiger partial charge is 0.118 e. The van der Waals surface area contributed by atoms with Gasteiger partial charge in [-0.05, 0) is 30.2 Å². The van der Waals surface area contributed by atoms with Gasteiger partial charge in [0.2, 0.25) is 0 Å². The zero-order valence-corrected chi connectivity index (χ0v) is 15.2. The van der Waals surface area contributed by atoms with Crippen LogP contribution in [0.1, 0.15) is 18.1 Å². The summed E-state index contributed by atoms with van der Waals surface area (Å²) in [6.07, 6.45) is -1.08. The zero-order chi connectivity index (χ0) is 18.4. The first-order chi connectivity index (χ1) is 12.7. The van der Waals surface area contributed by atoms with Gasteiger partial charge in [0.15, 0.2) is 0 Å². The Morgan fingerprint density at radius 2 is 1.50 bits per heavy atom. The van der Waals surface area contributed by atoms with Gasteiger partial charge in [-0.3, -0.25) is 0 Å². The molecule has 5 heteroatoms. The standard InChI is InChI=1S/C21H26O5/c1-15-20(24-13-16-6-4-3-5-7-16)21(19(12-22)26-15)25-14-17-8-10-18(23-2)11-9-17/h3-11,15,19-22H,12-14H2,1-2H3/t15-,19-,20+,21+/m1/s1. The number of benzene rings is 2. The van der Waals surface area contributed by atoms with Crippen molar-refractivity contribution >= 4 is 0 Å². The van der Waals surface area contributed by atoms with E-state index in [4.69, 9.17) is 18.9 Å². The second-order valence-corrected chi connectivity index (χ2v) is 6.45. The number of hydrogen-bond acceptors (Lipinski definition) is 5. The van der Waals surface area contributed by atoms with E-state index in [1.165, 1.54) is 0 Å². The summed E-state index contributed by atoms with van der Waals surface area (Å²) in [5.41, 5.74) is 2.13. The molecule has 0 radical (unpaired) electrons. The van der Waals surface area contributed by atoms with Crippen LogP contribution in [0.2, 0.25) is 0 Å². The first kappa shape index (κ1) is 18.9. The highest BCUT2D eigenvalue weighted by atomic mass is 16.6. The van der Waals surface area contributed by atoms with E-state index in [0.717, 1.165) is 16.9 Å². The van der Waals surface area contributed by atoms with Crippen LogP contribution in [-0.2, 0) is 27.4 Å². The van der Waals surface area contributed by atoms with Gasteiger partial charge in [-0.1, -0.05) is 42.5 Å². The van der Waals surface area contributed by atoms with Gasteiger partial charge in [-0.2, -0.15) is 0 Å². The molecular formula is C21H26O5. The molecule has 0 aromatic heterocycles. The lowest BCUT2D eigenvalue weighted by Crippen LogP contribution is -2.38. The van der Waals surface area contributed by atoms with Gasteiger partial charge in [-0.15, -0.1) is 0 Å². The highest BCUT2D eigenvalue weighted by Crippen LogP contribution is 2.28. The Hall–Kier alpha value is -1.92. The van der Waals surface area contributed by atoms with E-state index >= 15 is 0 Å². The third-order valence-corrected chi connectivity index (χ3v) is 4.61. The Bertz CT molecular complexity index is 658. The average Bonchev–Trinajstić information content (AvgIpc) is 3.00. The number of methoxy groups -OCH3 is 1. The summed E-state index contributed by atoms with van der Waals surface area (Å²) in [4.78, 5) is 0. The third kappa shape index (κ3) is 4.62. The van der Waals surface area contributed by atoms with Gasteiger partial charge in [0.1, 0.15) is 24.1 Å². The van der Waals surface area contributed by atoms with Gasteiger partial charge in [0.25, 0.3) is 0 Å². The molecule has 1 aliphatic heterocycles. The Morgan fingerprint density at radius 1 is 0.885 bits per heavy atom. The third-order valence-electron chi connectivity index (χ3n) is 4.61. The molecule has 26 heavy (non-hydrogen) atoms. The lowest BCUT2D eigenvalue weighted by molar-refractivity contribution is -0.0828. The molecule has 1 heterocycles. The van der Waals surface area contributed by atoms with Crippen LogP contribution in [0.5, 0.6) is 5.75 Å². The molecule has 2 aromatic rings. The summed E-state index contributed by atoms with van der Waals surface area (Å²) < 4.78 is 23.2. The molecule has 0 saturated carbocycles. The molecule has 4 atom stereocenters. The van der Waals surface area contributed by atoms with E-state index in [0.29, 0.717) is 13.2 Å². The van der Waals surface area contributed by atoms with Gasteiger partial charge < -0.3 is 24.1 Å². The summed E-state index contributed by atoms with van der Waals surface area (Å²) >= 11 is 0. The summed E-state index contributed by atoms with van der Waals surface area (Å²) in [5, 5.41) is 9.65. The van der Waals surface area contributed by atoms with E-state index in [1.807, 2.05) is 61.5 Å². The fraction of sp³-hybridized carbons (Fsp3) is 0.429. The molecule has 1 saturated heterocycles. The van der Waals surface area contributed by atoms with Crippen LogP contribution >= 0.6 is 0 Å². The molecule has 5 nitrogen and oxygen atoms in total. The molecule has 0 unspecified atom stereocenters. The number of aliphatic hydroxyl groups is 1. The highest BCUT2D eigenvalue weighted by molar-refractivity contribution is 5.26. The summed E-state index contributed by atoms with van der Waals surface area (Å²) in [6, 6.07) is 17.7. The van der Waals surface area contributed by atoms with Gasteiger partial charge in [0, 0.05) is 0 Å². The minimum atomic E-state index is -0.385. The van der Waals surface area contributed by atoms with Crippen molar-refractivity contribution in [3.8, 4) is 5.75 Å². The van der Waals surface area contributed by atoms with Gasteiger partial charge in [-0.25, -0.2) is 0 Å². The Kier molecular flexibility index (Phi) is 6.63. The lowest BCUT2D eigenvalue weighted by Gasteiger charge is -2.24. The van der Waals surface area contributed by atoms with Crippen LogP contribution in [0.3, 0.4) is 0 Å². The van der Waals surface area contributed by atoms with Crippen molar-refractivity contribution in [3.63, 3.8) is 0 Å². The monoisotopic (exact) mass is 358 g/mol. The molecule has 0 amide bonds. The van der Waals surface area contributed by atoms with Crippen molar-refractivity contribution in [2.24, 2.45) is 0 Å². The SMILES string of the molecule is COc1ccc(CO[C@@H]2[C@@H](OCc3ccccc3)[C@@H](C)O[C@@H]2CO)cc1. The molecule has 2 aromatic carbocycles. The largest absolute Gasteiger partial charge is 0.497 e. The second kappa shape index (κ2) is 9.14. The van der Waals surface area contributed by atoms with E-state index in [1.54, 1.807) is 7.11 Å². The first-order valence-electron chi connectivity index (χ1n) is 8.87. The zero-order valence-electron chi connectivity index (χ0n) is 15.2. The minimum absolute atomic E-state index is 0.0944. The quantitative estimate of drug-likeness (QED) is 0.786. The number of hydrogen-bond donors (Lipinski definition) is 1. The van der Waals surface area contributed by atoms with E-state index < -0.39 is 0 Å². The first-order valence-corrected chi connectivity index (χ1v) is 8.87. The van der Waals surface area contributed by atoms with Crippen molar-refractivity contribution in [2.75, 3.05) is 13.7 Å². The van der Waals surface area contributed by atoms with Crippen molar-refractivity contribution in [1.29, 1.82) is 0 Å². The van der Waals surface area contributed by atoms with E-state index in [2.05, 4.69) is 0 Å². The molecule has 140 valence electrons. The Morgan fingerprint density at radius 3 is 2.12 bits per heavy atom. The molecule has 1 aliphatic rings. The maximum atomic E-state index is 9.65. The minimum Gasteiger partial charge on any atom is -0.497 e. The number of ether oxygens (including phenoxy) is 4. The summed E-state index contributed by atoms with van der Waals surface area (Å²) in [6.45, 7) is 2.77. The molecule has 0 bridgehead atoms. The highest BCUT2D eigenvalue weighted by Gasteiger charge is 2.43. The van der Waals surface area contributed by atoms with Crippen LogP contribution in [-0.4, -0.2) is 43.2 Å². The lowest BCUT2D eigenvalue weighted by atomic mass is 10.1. The summed E-state index contributed by atoms with van der Waals surface area (Å²) in [7, 11) is 1.64. The van der Waals surface area contributed by atoms with Crippen molar-refractivity contribution in [2.45, 2.75) is 44.6 Å². The van der Waals surface area contributed by atoms with Gasteiger partial charge >= 0.3 is 0 Å². The van der Waals surface area contributed by atoms with E-state index in [9.17, 15) is 5.11 Å².